The number of rotatable bonds is 14. The van der Waals surface area contributed by atoms with Gasteiger partial charge in [0.25, 0.3) is 0 Å². The standard InChI is InChI=1S/C16H31BrO2.K/c1-2-3-4-5-6-7-8-9-10-11-12-13-14-15(17)16(18)19;/h15H,2-14H2,1H3,(H,18,19);/q;+1/p-1. The number of carbonyl (C=O) groups is 1. The Labute approximate surface area is 176 Å². The molecule has 20 heavy (non-hydrogen) atoms. The Balaban J connectivity index is 0. The van der Waals surface area contributed by atoms with Crippen molar-refractivity contribution in [3.05, 3.63) is 0 Å². The van der Waals surface area contributed by atoms with E-state index in [9.17, 15) is 9.90 Å². The van der Waals surface area contributed by atoms with Crippen LogP contribution in [0.3, 0.4) is 0 Å². The normalized spacial score (nSPS) is 11.9. The summed E-state index contributed by atoms with van der Waals surface area (Å²) < 4.78 is 0. The molecule has 0 fully saturated rings. The number of carbonyl (C=O) groups excluding carboxylic acids is 1. The summed E-state index contributed by atoms with van der Waals surface area (Å²) in [5.41, 5.74) is 0. The van der Waals surface area contributed by atoms with Gasteiger partial charge in [-0.05, 0) is 6.42 Å². The third-order valence-electron chi connectivity index (χ3n) is 3.57. The number of unbranched alkanes of at least 4 members (excludes halogenated alkanes) is 11. The van der Waals surface area contributed by atoms with Crippen molar-refractivity contribution in [2.24, 2.45) is 0 Å². The Morgan fingerprint density at radius 1 is 0.850 bits per heavy atom. The van der Waals surface area contributed by atoms with E-state index in [1.165, 1.54) is 64.2 Å². The quantitative estimate of drug-likeness (QED) is 0.264. The second kappa shape index (κ2) is 18.6. The third-order valence-corrected chi connectivity index (χ3v) is 4.40. The van der Waals surface area contributed by atoms with Crippen molar-refractivity contribution in [3.63, 3.8) is 0 Å². The first-order chi connectivity index (χ1) is 9.18. The molecule has 0 aromatic heterocycles. The van der Waals surface area contributed by atoms with Crippen molar-refractivity contribution >= 4 is 21.9 Å². The minimum atomic E-state index is -0.983. The first-order valence-electron chi connectivity index (χ1n) is 8.03. The smallest absolute Gasteiger partial charge is 0.549 e. The molecule has 0 aliphatic rings. The molecule has 0 bridgehead atoms. The van der Waals surface area contributed by atoms with Gasteiger partial charge in [0.05, 0.1) is 10.8 Å². The van der Waals surface area contributed by atoms with Crippen molar-refractivity contribution in [1.29, 1.82) is 0 Å². The monoisotopic (exact) mass is 372 g/mol. The maximum Gasteiger partial charge on any atom is 1.00 e. The maximum absolute atomic E-state index is 10.5. The van der Waals surface area contributed by atoms with Crippen molar-refractivity contribution < 1.29 is 61.3 Å². The molecule has 4 heteroatoms. The Hall–Kier alpha value is 1.59. The molecule has 0 saturated heterocycles. The van der Waals surface area contributed by atoms with E-state index in [1.807, 2.05) is 0 Å². The van der Waals surface area contributed by atoms with Crippen LogP contribution in [0.15, 0.2) is 0 Å². The SMILES string of the molecule is CCCCCCCCCCCCCCC(Br)C(=O)[O-].[K+]. The molecule has 1 atom stereocenters. The first kappa shape index (κ1) is 23.8. The van der Waals surface area contributed by atoms with Crippen LogP contribution in [0.25, 0.3) is 0 Å². The summed E-state index contributed by atoms with van der Waals surface area (Å²) in [6.07, 6.45) is 16.4. The van der Waals surface area contributed by atoms with E-state index in [4.69, 9.17) is 0 Å². The number of carboxylic acid groups (broad SMARTS) is 1. The maximum atomic E-state index is 10.5. The Kier molecular flexibility index (Phi) is 22.2. The molecule has 0 heterocycles. The predicted octanol–water partition coefficient (Wildman–Crippen LogP) is 1.59. The number of aliphatic carboxylic acids is 1. The van der Waals surface area contributed by atoms with Gasteiger partial charge in [0.2, 0.25) is 0 Å². The van der Waals surface area contributed by atoms with E-state index in [1.54, 1.807) is 0 Å². The molecular formula is C16H30BrKO2. The Morgan fingerprint density at radius 2 is 1.20 bits per heavy atom. The van der Waals surface area contributed by atoms with Crippen LogP contribution in [0, 0.1) is 0 Å². The number of hydrogen-bond donors (Lipinski definition) is 0. The van der Waals surface area contributed by atoms with Gasteiger partial charge < -0.3 is 9.90 Å². The van der Waals surface area contributed by atoms with Crippen LogP contribution >= 0.6 is 15.9 Å². The summed E-state index contributed by atoms with van der Waals surface area (Å²) in [7, 11) is 0. The number of alkyl halides is 1. The van der Waals surface area contributed by atoms with Gasteiger partial charge in [0, 0.05) is 0 Å². The van der Waals surface area contributed by atoms with Crippen molar-refractivity contribution in [3.8, 4) is 0 Å². The van der Waals surface area contributed by atoms with E-state index < -0.39 is 10.8 Å². The molecule has 0 N–H and O–H groups in total. The van der Waals surface area contributed by atoms with Gasteiger partial charge in [0.15, 0.2) is 0 Å². The topological polar surface area (TPSA) is 40.1 Å². The van der Waals surface area contributed by atoms with Gasteiger partial charge in [-0.15, -0.1) is 0 Å². The van der Waals surface area contributed by atoms with E-state index in [2.05, 4.69) is 22.9 Å². The molecule has 0 aliphatic carbocycles. The van der Waals surface area contributed by atoms with E-state index >= 15 is 0 Å². The molecule has 0 rings (SSSR count). The Bertz CT molecular complexity index is 213. The van der Waals surface area contributed by atoms with Crippen molar-refractivity contribution in [2.45, 2.75) is 95.2 Å². The fourth-order valence-electron chi connectivity index (χ4n) is 2.28. The Morgan fingerprint density at radius 3 is 1.55 bits per heavy atom. The summed E-state index contributed by atoms with van der Waals surface area (Å²) in [6.45, 7) is 2.25. The van der Waals surface area contributed by atoms with Gasteiger partial charge >= 0.3 is 51.4 Å². The van der Waals surface area contributed by atoms with E-state index in [0.29, 0.717) is 6.42 Å². The van der Waals surface area contributed by atoms with Crippen LogP contribution in [0.2, 0.25) is 0 Å². The summed E-state index contributed by atoms with van der Waals surface area (Å²) >= 11 is 3.11. The zero-order chi connectivity index (χ0) is 14.3. The van der Waals surface area contributed by atoms with Gasteiger partial charge in [-0.2, -0.15) is 0 Å². The molecule has 2 nitrogen and oxygen atoms in total. The van der Waals surface area contributed by atoms with Crippen LogP contribution < -0.4 is 56.5 Å². The molecular weight excluding hydrogens is 343 g/mol. The summed E-state index contributed by atoms with van der Waals surface area (Å²) in [5.74, 6) is -0.983. The summed E-state index contributed by atoms with van der Waals surface area (Å²) in [5, 5.41) is 10.5. The van der Waals surface area contributed by atoms with Crippen LogP contribution in [-0.4, -0.2) is 10.8 Å². The first-order valence-corrected chi connectivity index (χ1v) is 8.95. The second-order valence-corrected chi connectivity index (χ2v) is 6.57. The van der Waals surface area contributed by atoms with Gasteiger partial charge in [0.1, 0.15) is 0 Å². The molecule has 114 valence electrons. The molecule has 0 amide bonds. The van der Waals surface area contributed by atoms with Crippen LogP contribution in [0.1, 0.15) is 90.4 Å². The van der Waals surface area contributed by atoms with E-state index in [-0.39, 0.29) is 51.4 Å². The molecule has 0 aliphatic heterocycles. The molecule has 0 spiro atoms. The summed E-state index contributed by atoms with van der Waals surface area (Å²) in [6, 6.07) is 0. The second-order valence-electron chi connectivity index (χ2n) is 5.46. The molecule has 0 saturated carbocycles. The van der Waals surface area contributed by atoms with E-state index in [0.717, 1.165) is 12.8 Å². The average molecular weight is 373 g/mol. The minimum absolute atomic E-state index is 0. The minimum Gasteiger partial charge on any atom is -0.549 e. The third kappa shape index (κ3) is 17.6. The molecule has 1 unspecified atom stereocenters. The zero-order valence-electron chi connectivity index (χ0n) is 13.5. The van der Waals surface area contributed by atoms with Gasteiger partial charge in [-0.1, -0.05) is 99.9 Å². The fourth-order valence-corrected chi connectivity index (χ4v) is 2.61. The van der Waals surface area contributed by atoms with Crippen LogP contribution in [-0.2, 0) is 4.79 Å². The van der Waals surface area contributed by atoms with Gasteiger partial charge in [-0.3, -0.25) is 0 Å². The fraction of sp³-hybridized carbons (Fsp3) is 0.938. The average Bonchev–Trinajstić information content (AvgIpc) is 2.39. The molecule has 0 aromatic rings. The summed E-state index contributed by atoms with van der Waals surface area (Å²) in [4.78, 5) is 10.0. The molecule has 0 aromatic carbocycles. The van der Waals surface area contributed by atoms with Gasteiger partial charge in [-0.25, -0.2) is 0 Å². The molecule has 0 radical (unpaired) electrons. The zero-order valence-corrected chi connectivity index (χ0v) is 18.2. The largest absolute Gasteiger partial charge is 1.00 e. The van der Waals surface area contributed by atoms with Crippen molar-refractivity contribution in [1.82, 2.24) is 0 Å². The number of hydrogen-bond acceptors (Lipinski definition) is 2. The number of halogens is 1. The van der Waals surface area contributed by atoms with Crippen molar-refractivity contribution in [2.75, 3.05) is 0 Å². The van der Waals surface area contributed by atoms with Crippen LogP contribution in [0.4, 0.5) is 0 Å². The van der Waals surface area contributed by atoms with Crippen LogP contribution in [0.5, 0.6) is 0 Å². The number of carboxylic acids is 1. The predicted molar refractivity (Wildman–Crippen MR) is 83.4 cm³/mol.